The maximum atomic E-state index is 13.3. The summed E-state index contributed by atoms with van der Waals surface area (Å²) in [5.41, 5.74) is 0.530. The standard InChI is InChI=1S/C13H10FIN2O2/c1-7-5-6-8(12(18)16-7)13(19)17-10-4-2-3-9(14)11(10)15/h2-6H,1H3,(H,16,18)(H,17,19). The zero-order chi connectivity index (χ0) is 14.0. The molecule has 0 fully saturated rings. The van der Waals surface area contributed by atoms with Crippen LogP contribution in [0.25, 0.3) is 0 Å². The Bertz CT molecular complexity index is 697. The fraction of sp³-hybridized carbons (Fsp3) is 0.0769. The van der Waals surface area contributed by atoms with Gasteiger partial charge in [-0.05, 0) is 53.8 Å². The summed E-state index contributed by atoms with van der Waals surface area (Å²) in [7, 11) is 0. The van der Waals surface area contributed by atoms with E-state index >= 15 is 0 Å². The first-order valence-corrected chi connectivity index (χ1v) is 6.52. The molecule has 0 aliphatic heterocycles. The van der Waals surface area contributed by atoms with Crippen molar-refractivity contribution < 1.29 is 9.18 Å². The number of nitrogens with one attached hydrogen (secondary N) is 2. The summed E-state index contributed by atoms with van der Waals surface area (Å²) in [6.45, 7) is 1.72. The van der Waals surface area contributed by atoms with Gasteiger partial charge in [0.15, 0.2) is 0 Å². The molecule has 2 aromatic rings. The fourth-order valence-corrected chi connectivity index (χ4v) is 2.04. The van der Waals surface area contributed by atoms with Gasteiger partial charge < -0.3 is 10.3 Å². The molecule has 0 aliphatic carbocycles. The second-order valence-corrected chi connectivity index (χ2v) is 5.02. The van der Waals surface area contributed by atoms with Crippen LogP contribution in [0.2, 0.25) is 0 Å². The van der Waals surface area contributed by atoms with Crippen LogP contribution in [0.1, 0.15) is 16.1 Å². The van der Waals surface area contributed by atoms with E-state index in [0.29, 0.717) is 15.0 Å². The molecule has 0 unspecified atom stereocenters. The number of halogens is 2. The van der Waals surface area contributed by atoms with Crippen molar-refractivity contribution in [1.82, 2.24) is 4.98 Å². The summed E-state index contributed by atoms with van der Waals surface area (Å²) >= 11 is 1.80. The molecule has 4 nitrogen and oxygen atoms in total. The second kappa shape index (κ2) is 5.52. The molecule has 0 aliphatic rings. The van der Waals surface area contributed by atoms with Gasteiger partial charge in [0.05, 0.1) is 9.26 Å². The Morgan fingerprint density at radius 2 is 2.05 bits per heavy atom. The average Bonchev–Trinajstić information content (AvgIpc) is 2.34. The lowest BCUT2D eigenvalue weighted by Gasteiger charge is -2.07. The van der Waals surface area contributed by atoms with Crippen molar-refractivity contribution in [2.45, 2.75) is 6.92 Å². The molecular formula is C13H10FIN2O2. The van der Waals surface area contributed by atoms with Gasteiger partial charge in [0.2, 0.25) is 0 Å². The van der Waals surface area contributed by atoms with Crippen LogP contribution in [0.3, 0.4) is 0 Å². The summed E-state index contributed by atoms with van der Waals surface area (Å²) in [4.78, 5) is 26.1. The lowest BCUT2D eigenvalue weighted by atomic mass is 10.2. The van der Waals surface area contributed by atoms with Crippen molar-refractivity contribution in [2.75, 3.05) is 5.32 Å². The molecule has 0 saturated carbocycles. The maximum absolute atomic E-state index is 13.3. The lowest BCUT2D eigenvalue weighted by Crippen LogP contribution is -2.23. The van der Waals surface area contributed by atoms with Crippen LogP contribution < -0.4 is 10.9 Å². The van der Waals surface area contributed by atoms with Crippen molar-refractivity contribution in [1.29, 1.82) is 0 Å². The number of aryl methyl sites for hydroxylation is 1. The van der Waals surface area contributed by atoms with Gasteiger partial charge in [0, 0.05) is 5.69 Å². The summed E-state index contributed by atoms with van der Waals surface area (Å²) in [5.74, 6) is -0.985. The highest BCUT2D eigenvalue weighted by molar-refractivity contribution is 14.1. The number of rotatable bonds is 2. The molecule has 1 aromatic heterocycles. The second-order valence-electron chi connectivity index (χ2n) is 3.94. The van der Waals surface area contributed by atoms with E-state index in [0.717, 1.165) is 0 Å². The summed E-state index contributed by atoms with van der Waals surface area (Å²) < 4.78 is 13.6. The van der Waals surface area contributed by atoms with Gasteiger partial charge in [-0.1, -0.05) is 6.07 Å². The van der Waals surface area contributed by atoms with Crippen molar-refractivity contribution in [3.63, 3.8) is 0 Å². The molecule has 0 spiro atoms. The third kappa shape index (κ3) is 3.01. The molecule has 2 rings (SSSR count). The van der Waals surface area contributed by atoms with Crippen LogP contribution in [0.5, 0.6) is 0 Å². The first kappa shape index (κ1) is 13.7. The van der Waals surface area contributed by atoms with Crippen molar-refractivity contribution in [3.8, 4) is 0 Å². The number of anilines is 1. The maximum Gasteiger partial charge on any atom is 0.261 e. The first-order chi connectivity index (χ1) is 8.99. The monoisotopic (exact) mass is 372 g/mol. The molecule has 1 heterocycles. The van der Waals surface area contributed by atoms with E-state index in [9.17, 15) is 14.0 Å². The van der Waals surface area contributed by atoms with E-state index in [1.54, 1.807) is 41.6 Å². The molecule has 2 N–H and O–H groups in total. The smallest absolute Gasteiger partial charge is 0.261 e. The zero-order valence-corrected chi connectivity index (χ0v) is 12.1. The van der Waals surface area contributed by atoms with Crippen LogP contribution >= 0.6 is 22.6 Å². The number of carbonyl (C=O) groups is 1. The predicted molar refractivity (Wildman–Crippen MR) is 78.9 cm³/mol. The third-order valence-corrected chi connectivity index (χ3v) is 3.60. The average molecular weight is 372 g/mol. The van der Waals surface area contributed by atoms with E-state index in [1.807, 2.05) is 0 Å². The highest BCUT2D eigenvalue weighted by atomic mass is 127. The minimum absolute atomic E-state index is 0.00865. The van der Waals surface area contributed by atoms with E-state index in [2.05, 4.69) is 10.3 Å². The van der Waals surface area contributed by atoms with Gasteiger partial charge in [0.1, 0.15) is 11.4 Å². The van der Waals surface area contributed by atoms with Crippen molar-refractivity contribution in [2.24, 2.45) is 0 Å². The predicted octanol–water partition coefficient (Wildman–Crippen LogP) is 2.68. The Morgan fingerprint density at radius 3 is 2.74 bits per heavy atom. The topological polar surface area (TPSA) is 62.0 Å². The number of benzene rings is 1. The molecule has 1 amide bonds. The molecule has 0 saturated heterocycles. The number of carbonyl (C=O) groups excluding carboxylic acids is 1. The quantitative estimate of drug-likeness (QED) is 0.797. The Kier molecular flexibility index (Phi) is 3.98. The van der Waals surface area contributed by atoms with Crippen LogP contribution in [-0.4, -0.2) is 10.9 Å². The zero-order valence-electron chi connectivity index (χ0n) is 9.96. The summed E-state index contributed by atoms with van der Waals surface area (Å²) in [6, 6.07) is 7.44. The number of H-pyrrole nitrogens is 1. The van der Waals surface area contributed by atoms with Crippen LogP contribution in [0, 0.1) is 16.3 Å². The van der Waals surface area contributed by atoms with Gasteiger partial charge in [-0.3, -0.25) is 9.59 Å². The first-order valence-electron chi connectivity index (χ1n) is 5.44. The van der Waals surface area contributed by atoms with Crippen molar-refractivity contribution >= 4 is 34.2 Å². The van der Waals surface area contributed by atoms with Gasteiger partial charge >= 0.3 is 0 Å². The Hall–Kier alpha value is -1.70. The molecule has 0 atom stereocenters. The lowest BCUT2D eigenvalue weighted by molar-refractivity contribution is 0.102. The normalized spacial score (nSPS) is 10.3. The third-order valence-electron chi connectivity index (χ3n) is 2.50. The highest BCUT2D eigenvalue weighted by Crippen LogP contribution is 2.21. The number of amides is 1. The Balaban J connectivity index is 2.31. The number of aromatic nitrogens is 1. The number of hydrogen-bond donors (Lipinski definition) is 2. The van der Waals surface area contributed by atoms with Gasteiger partial charge in [-0.15, -0.1) is 0 Å². The minimum atomic E-state index is -0.565. The highest BCUT2D eigenvalue weighted by Gasteiger charge is 2.13. The number of pyridine rings is 1. The van der Waals surface area contributed by atoms with Crippen LogP contribution in [0.4, 0.5) is 10.1 Å². The Morgan fingerprint density at radius 1 is 1.32 bits per heavy atom. The molecule has 0 radical (unpaired) electrons. The summed E-state index contributed by atoms with van der Waals surface area (Å²) in [5, 5.41) is 2.52. The molecule has 1 aromatic carbocycles. The number of hydrogen-bond acceptors (Lipinski definition) is 2. The fourth-order valence-electron chi connectivity index (χ4n) is 1.54. The van der Waals surface area contributed by atoms with Gasteiger partial charge in [-0.2, -0.15) is 0 Å². The van der Waals surface area contributed by atoms with Gasteiger partial charge in [-0.25, -0.2) is 4.39 Å². The van der Waals surface area contributed by atoms with E-state index < -0.39 is 17.3 Å². The van der Waals surface area contributed by atoms with E-state index in [4.69, 9.17) is 0 Å². The molecule has 19 heavy (non-hydrogen) atoms. The largest absolute Gasteiger partial charge is 0.326 e. The van der Waals surface area contributed by atoms with Gasteiger partial charge in [0.25, 0.3) is 11.5 Å². The van der Waals surface area contributed by atoms with E-state index in [-0.39, 0.29) is 5.56 Å². The Labute approximate surface area is 122 Å². The van der Waals surface area contributed by atoms with Crippen LogP contribution in [0.15, 0.2) is 35.1 Å². The molecule has 0 bridgehead atoms. The van der Waals surface area contributed by atoms with E-state index in [1.165, 1.54) is 18.2 Å². The minimum Gasteiger partial charge on any atom is -0.326 e. The molecular weight excluding hydrogens is 362 g/mol. The summed E-state index contributed by atoms with van der Waals surface area (Å²) in [6.07, 6.45) is 0. The molecule has 98 valence electrons. The van der Waals surface area contributed by atoms with Crippen molar-refractivity contribution in [3.05, 3.63) is 61.3 Å². The SMILES string of the molecule is Cc1ccc(C(=O)Nc2cccc(F)c2I)c(=O)[nH]1. The van der Waals surface area contributed by atoms with Crippen LogP contribution in [-0.2, 0) is 0 Å². The molecule has 6 heteroatoms. The number of aromatic amines is 1.